The van der Waals surface area contributed by atoms with Gasteiger partial charge < -0.3 is 11.5 Å². The van der Waals surface area contributed by atoms with Gasteiger partial charge in [0.1, 0.15) is 0 Å². The van der Waals surface area contributed by atoms with Gasteiger partial charge in [-0.15, -0.1) is 0 Å². The topological polar surface area (TPSA) is 52.0 Å². The molecule has 2 nitrogen and oxygen atoms in total. The van der Waals surface area contributed by atoms with E-state index in [-0.39, 0.29) is 0 Å². The van der Waals surface area contributed by atoms with E-state index in [1.54, 1.807) is 0 Å². The molecule has 2 heteroatoms. The highest BCUT2D eigenvalue weighted by atomic mass is 14.9. The molecule has 0 aliphatic heterocycles. The van der Waals surface area contributed by atoms with E-state index in [4.69, 9.17) is 11.5 Å². The molecule has 0 saturated heterocycles. The number of aryl methyl sites for hydroxylation is 1. The van der Waals surface area contributed by atoms with Crippen LogP contribution in [-0.4, -0.2) is 11.1 Å². The van der Waals surface area contributed by atoms with E-state index >= 15 is 0 Å². The number of hydrogen-bond acceptors (Lipinski definition) is 2. The van der Waals surface area contributed by atoms with Gasteiger partial charge in [-0.2, -0.15) is 0 Å². The molecule has 1 unspecified atom stereocenters. The third kappa shape index (κ3) is 5.98. The molecule has 0 amide bonds. The lowest BCUT2D eigenvalue weighted by molar-refractivity contribution is 0.197. The van der Waals surface area contributed by atoms with E-state index in [1.807, 2.05) is 12.1 Å². The van der Waals surface area contributed by atoms with Gasteiger partial charge in [0.25, 0.3) is 0 Å². The summed E-state index contributed by atoms with van der Waals surface area (Å²) in [6.07, 6.45) is 3.88. The van der Waals surface area contributed by atoms with Crippen molar-refractivity contribution in [2.45, 2.75) is 43.2 Å². The zero-order valence-corrected chi connectivity index (χ0v) is 19.2. The first-order valence-electron chi connectivity index (χ1n) is 11.8. The molecule has 0 aromatic heterocycles. The Kier molecular flexibility index (Phi) is 7.39. The van der Waals surface area contributed by atoms with Crippen molar-refractivity contribution in [2.75, 3.05) is 0 Å². The van der Waals surface area contributed by atoms with E-state index in [9.17, 15) is 0 Å². The van der Waals surface area contributed by atoms with Crippen LogP contribution in [0.15, 0.2) is 121 Å². The second-order valence-electron chi connectivity index (χ2n) is 9.29. The van der Waals surface area contributed by atoms with Crippen molar-refractivity contribution in [3.05, 3.63) is 144 Å². The SMILES string of the molecule is NC(CCc1ccccc1)(Cc1ccccc1)C(N)(Cc1ccccc1)Cc1ccccc1. The summed E-state index contributed by atoms with van der Waals surface area (Å²) in [6, 6.07) is 42.2. The van der Waals surface area contributed by atoms with Crippen molar-refractivity contribution in [3.8, 4) is 0 Å². The molecule has 0 aliphatic carbocycles. The van der Waals surface area contributed by atoms with Gasteiger partial charge in [0.05, 0.1) is 0 Å². The summed E-state index contributed by atoms with van der Waals surface area (Å²) in [4.78, 5) is 0. The minimum Gasteiger partial charge on any atom is -0.323 e. The van der Waals surface area contributed by atoms with Crippen LogP contribution >= 0.6 is 0 Å². The third-order valence-corrected chi connectivity index (χ3v) is 6.78. The molecular weight excluding hydrogens is 400 g/mol. The number of rotatable bonds is 10. The van der Waals surface area contributed by atoms with Gasteiger partial charge in [0, 0.05) is 11.1 Å². The van der Waals surface area contributed by atoms with Crippen LogP contribution in [0.5, 0.6) is 0 Å². The van der Waals surface area contributed by atoms with Crippen molar-refractivity contribution in [1.29, 1.82) is 0 Å². The Morgan fingerprint density at radius 2 is 0.697 bits per heavy atom. The number of nitrogens with two attached hydrogens (primary N) is 2. The van der Waals surface area contributed by atoms with Crippen LogP contribution in [0.3, 0.4) is 0 Å². The highest BCUT2D eigenvalue weighted by Crippen LogP contribution is 2.33. The number of hydrogen-bond donors (Lipinski definition) is 2. The molecule has 168 valence electrons. The van der Waals surface area contributed by atoms with E-state index in [2.05, 4.69) is 109 Å². The summed E-state index contributed by atoms with van der Waals surface area (Å²) in [5.74, 6) is 0. The van der Waals surface area contributed by atoms with Gasteiger partial charge in [-0.1, -0.05) is 121 Å². The minimum absolute atomic E-state index is 0.601. The van der Waals surface area contributed by atoms with Crippen molar-refractivity contribution >= 4 is 0 Å². The van der Waals surface area contributed by atoms with Crippen LogP contribution in [0.1, 0.15) is 28.7 Å². The van der Waals surface area contributed by atoms with Crippen molar-refractivity contribution in [1.82, 2.24) is 0 Å². The average Bonchev–Trinajstić information content (AvgIpc) is 2.85. The average molecular weight is 435 g/mol. The van der Waals surface area contributed by atoms with Gasteiger partial charge in [-0.3, -0.25) is 0 Å². The first-order valence-corrected chi connectivity index (χ1v) is 11.8. The summed E-state index contributed by atoms with van der Waals surface area (Å²) in [6.45, 7) is 0. The molecule has 0 heterocycles. The highest BCUT2D eigenvalue weighted by molar-refractivity contribution is 5.30. The molecule has 4 aromatic rings. The molecule has 0 spiro atoms. The third-order valence-electron chi connectivity index (χ3n) is 6.78. The van der Waals surface area contributed by atoms with Crippen molar-refractivity contribution in [3.63, 3.8) is 0 Å². The summed E-state index contributed by atoms with van der Waals surface area (Å²) >= 11 is 0. The summed E-state index contributed by atoms with van der Waals surface area (Å²) in [5.41, 5.74) is 18.6. The summed E-state index contributed by atoms with van der Waals surface area (Å²) in [5, 5.41) is 0. The molecular formula is C31H34N2. The smallest absolute Gasteiger partial charge is 0.0421 e. The maximum Gasteiger partial charge on any atom is 0.0421 e. The van der Waals surface area contributed by atoms with E-state index < -0.39 is 11.1 Å². The molecule has 0 aliphatic rings. The molecule has 4 aromatic carbocycles. The molecule has 1 atom stereocenters. The van der Waals surface area contributed by atoms with Gasteiger partial charge >= 0.3 is 0 Å². The lowest BCUT2D eigenvalue weighted by Gasteiger charge is -2.47. The van der Waals surface area contributed by atoms with Crippen LogP contribution in [-0.2, 0) is 25.7 Å². The first kappa shape index (κ1) is 23.0. The first-order chi connectivity index (χ1) is 16.1. The number of benzene rings is 4. The second-order valence-corrected chi connectivity index (χ2v) is 9.29. The fraction of sp³-hybridized carbons (Fsp3) is 0.226. The normalized spacial score (nSPS) is 13.4. The lowest BCUT2D eigenvalue weighted by Crippen LogP contribution is -2.69. The van der Waals surface area contributed by atoms with Gasteiger partial charge in [-0.25, -0.2) is 0 Å². The van der Waals surface area contributed by atoms with Crippen LogP contribution < -0.4 is 11.5 Å². The lowest BCUT2D eigenvalue weighted by atomic mass is 9.65. The monoisotopic (exact) mass is 434 g/mol. The zero-order valence-electron chi connectivity index (χ0n) is 19.2. The molecule has 0 bridgehead atoms. The Labute approximate surface area is 198 Å². The Hall–Kier alpha value is -3.20. The summed E-state index contributed by atoms with van der Waals surface area (Å²) < 4.78 is 0. The van der Waals surface area contributed by atoms with Gasteiger partial charge in [0.2, 0.25) is 0 Å². The van der Waals surface area contributed by atoms with Crippen LogP contribution in [0.2, 0.25) is 0 Å². The largest absolute Gasteiger partial charge is 0.323 e. The zero-order chi connectivity index (χ0) is 23.0. The Bertz CT molecular complexity index is 1050. The Balaban J connectivity index is 1.73. The maximum atomic E-state index is 7.43. The van der Waals surface area contributed by atoms with Crippen LogP contribution in [0, 0.1) is 0 Å². The van der Waals surface area contributed by atoms with Gasteiger partial charge in [-0.05, 0) is 54.4 Å². The molecule has 4 rings (SSSR count). The fourth-order valence-electron chi connectivity index (χ4n) is 4.82. The molecule has 4 N–H and O–H groups in total. The van der Waals surface area contributed by atoms with E-state index in [0.29, 0.717) is 0 Å². The highest BCUT2D eigenvalue weighted by Gasteiger charge is 2.45. The van der Waals surface area contributed by atoms with Crippen LogP contribution in [0.25, 0.3) is 0 Å². The molecule has 0 saturated carbocycles. The quantitative estimate of drug-likeness (QED) is 0.334. The molecule has 0 radical (unpaired) electrons. The predicted molar refractivity (Wildman–Crippen MR) is 139 cm³/mol. The standard InChI is InChI=1S/C31H34N2/c32-30(23-27-15-7-2-8-16-27,22-21-26-13-5-1-6-14-26)31(33,24-28-17-9-3-10-18-28)25-29-19-11-4-12-20-29/h1-20H,21-25,32-33H2. The van der Waals surface area contributed by atoms with E-state index in [1.165, 1.54) is 22.3 Å². The second kappa shape index (κ2) is 10.6. The molecule has 33 heavy (non-hydrogen) atoms. The fourth-order valence-corrected chi connectivity index (χ4v) is 4.82. The summed E-state index contributed by atoms with van der Waals surface area (Å²) in [7, 11) is 0. The Morgan fingerprint density at radius 3 is 1.06 bits per heavy atom. The van der Waals surface area contributed by atoms with Crippen molar-refractivity contribution in [2.24, 2.45) is 11.5 Å². The van der Waals surface area contributed by atoms with Gasteiger partial charge in [0.15, 0.2) is 0 Å². The van der Waals surface area contributed by atoms with E-state index in [0.717, 1.165) is 32.1 Å². The molecule has 0 fully saturated rings. The maximum absolute atomic E-state index is 7.43. The Morgan fingerprint density at radius 1 is 0.394 bits per heavy atom. The predicted octanol–water partition coefficient (Wildman–Crippen LogP) is 5.74. The van der Waals surface area contributed by atoms with Crippen LogP contribution in [0.4, 0.5) is 0 Å². The van der Waals surface area contributed by atoms with Crippen molar-refractivity contribution < 1.29 is 0 Å². The minimum atomic E-state index is -0.625.